The minimum Gasteiger partial charge on any atom is -0.492 e. The fourth-order valence-electron chi connectivity index (χ4n) is 4.62. The second kappa shape index (κ2) is 9.69. The van der Waals surface area contributed by atoms with E-state index in [2.05, 4.69) is 4.90 Å². The number of primary amides is 1. The summed E-state index contributed by atoms with van der Waals surface area (Å²) in [4.78, 5) is 15.1. The van der Waals surface area contributed by atoms with Crippen molar-refractivity contribution in [3.05, 3.63) is 64.7 Å². The van der Waals surface area contributed by atoms with Gasteiger partial charge in [-0.3, -0.25) is 19.0 Å². The van der Waals surface area contributed by atoms with Crippen LogP contribution in [0.4, 0.5) is 17.6 Å². The molecular formula is C24H27F4N3O2. The van der Waals surface area contributed by atoms with E-state index in [1.54, 1.807) is 42.5 Å². The van der Waals surface area contributed by atoms with Crippen molar-refractivity contribution in [2.75, 3.05) is 46.0 Å². The van der Waals surface area contributed by atoms with Gasteiger partial charge in [0.15, 0.2) is 0 Å². The van der Waals surface area contributed by atoms with Crippen LogP contribution in [0.5, 0.6) is 5.75 Å². The van der Waals surface area contributed by atoms with Crippen molar-refractivity contribution in [1.29, 1.82) is 0 Å². The Morgan fingerprint density at radius 2 is 1.85 bits per heavy atom. The van der Waals surface area contributed by atoms with Gasteiger partial charge < -0.3 is 10.5 Å². The van der Waals surface area contributed by atoms with Crippen LogP contribution in [0, 0.1) is 5.92 Å². The van der Waals surface area contributed by atoms with Crippen LogP contribution >= 0.6 is 0 Å². The van der Waals surface area contributed by atoms with Crippen molar-refractivity contribution in [3.63, 3.8) is 0 Å². The molecule has 33 heavy (non-hydrogen) atoms. The van der Waals surface area contributed by atoms with Crippen LogP contribution in [0.3, 0.4) is 0 Å². The van der Waals surface area contributed by atoms with Gasteiger partial charge in [-0.15, -0.1) is 0 Å². The third-order valence-corrected chi connectivity index (χ3v) is 6.26. The normalized spacial score (nSPS) is 19.7. The number of carbonyl (C=O) groups is 1. The summed E-state index contributed by atoms with van der Waals surface area (Å²) in [5, 5.41) is 0. The predicted molar refractivity (Wildman–Crippen MR) is 116 cm³/mol. The molecule has 1 saturated heterocycles. The van der Waals surface area contributed by atoms with E-state index in [9.17, 15) is 22.4 Å². The number of carbonyl (C=O) groups excluding carboxylic acids is 1. The third kappa shape index (κ3) is 5.65. The van der Waals surface area contributed by atoms with Gasteiger partial charge in [0.05, 0.1) is 19.3 Å². The summed E-state index contributed by atoms with van der Waals surface area (Å²) >= 11 is 0. The van der Waals surface area contributed by atoms with Crippen LogP contribution < -0.4 is 10.5 Å². The number of ether oxygens (including phenoxy) is 1. The van der Waals surface area contributed by atoms with Crippen molar-refractivity contribution >= 4 is 5.91 Å². The van der Waals surface area contributed by atoms with E-state index in [1.165, 1.54) is 4.90 Å². The molecule has 9 heteroatoms. The number of halogens is 4. The lowest BCUT2D eigenvalue weighted by Crippen LogP contribution is -2.49. The number of benzene rings is 2. The third-order valence-electron chi connectivity index (χ3n) is 6.26. The molecule has 0 bridgehead atoms. The SMILES string of the molecule is NC(=O)c1ccc2c(c1)CCN(CC(F)(F)F)[C@H]2c1ccc(OCCN2CC(CF)C2)cc1. The maximum absolute atomic E-state index is 13.3. The van der Waals surface area contributed by atoms with Gasteiger partial charge in [0.1, 0.15) is 12.4 Å². The van der Waals surface area contributed by atoms with Crippen LogP contribution in [0.25, 0.3) is 0 Å². The van der Waals surface area contributed by atoms with E-state index in [0.717, 1.165) is 24.2 Å². The van der Waals surface area contributed by atoms with Gasteiger partial charge in [0.2, 0.25) is 5.91 Å². The van der Waals surface area contributed by atoms with Crippen LogP contribution in [0.2, 0.25) is 0 Å². The molecule has 0 saturated carbocycles. The highest BCUT2D eigenvalue weighted by Gasteiger charge is 2.37. The number of nitrogens with two attached hydrogens (primary N) is 1. The Labute approximate surface area is 190 Å². The van der Waals surface area contributed by atoms with E-state index < -0.39 is 24.7 Å². The summed E-state index contributed by atoms with van der Waals surface area (Å²) in [6, 6.07) is 11.4. The average Bonchev–Trinajstić information content (AvgIpc) is 2.74. The van der Waals surface area contributed by atoms with Crippen LogP contribution in [-0.2, 0) is 6.42 Å². The van der Waals surface area contributed by atoms with Crippen molar-refractivity contribution < 1.29 is 27.1 Å². The minimum atomic E-state index is -4.33. The van der Waals surface area contributed by atoms with Gasteiger partial charge in [-0.25, -0.2) is 0 Å². The first-order valence-corrected chi connectivity index (χ1v) is 11.0. The summed E-state index contributed by atoms with van der Waals surface area (Å²) in [5.74, 6) is 0.192. The second-order valence-electron chi connectivity index (χ2n) is 8.71. The van der Waals surface area contributed by atoms with E-state index in [4.69, 9.17) is 10.5 Å². The fraction of sp³-hybridized carbons (Fsp3) is 0.458. The average molecular weight is 465 g/mol. The molecule has 0 unspecified atom stereocenters. The summed E-state index contributed by atoms with van der Waals surface area (Å²) in [6.45, 7) is 1.55. The molecule has 0 radical (unpaired) electrons. The van der Waals surface area contributed by atoms with Crippen molar-refractivity contribution in [2.45, 2.75) is 18.6 Å². The monoisotopic (exact) mass is 465 g/mol. The first kappa shape index (κ1) is 23.5. The number of hydrogen-bond acceptors (Lipinski definition) is 4. The Balaban J connectivity index is 1.49. The molecule has 2 N–H and O–H groups in total. The molecule has 2 aliphatic rings. The molecule has 1 amide bonds. The molecule has 4 rings (SSSR count). The Kier molecular flexibility index (Phi) is 6.90. The van der Waals surface area contributed by atoms with Crippen LogP contribution in [0.1, 0.15) is 33.1 Å². The highest BCUT2D eigenvalue weighted by Crippen LogP contribution is 2.38. The molecular weight excluding hydrogens is 438 g/mol. The predicted octanol–water partition coefficient (Wildman–Crippen LogP) is 3.58. The summed E-state index contributed by atoms with van der Waals surface area (Å²) in [7, 11) is 0. The lowest BCUT2D eigenvalue weighted by Gasteiger charge is -2.38. The van der Waals surface area contributed by atoms with Gasteiger partial charge in [-0.2, -0.15) is 13.2 Å². The molecule has 2 aromatic rings. The van der Waals surface area contributed by atoms with E-state index in [-0.39, 0.29) is 19.1 Å². The highest BCUT2D eigenvalue weighted by molar-refractivity contribution is 5.93. The maximum atomic E-state index is 13.3. The van der Waals surface area contributed by atoms with Crippen LogP contribution in [-0.4, -0.2) is 67.9 Å². The topological polar surface area (TPSA) is 58.8 Å². The van der Waals surface area contributed by atoms with Gasteiger partial charge >= 0.3 is 6.18 Å². The number of alkyl halides is 4. The second-order valence-corrected chi connectivity index (χ2v) is 8.71. The Hall–Kier alpha value is -2.65. The Morgan fingerprint density at radius 3 is 2.48 bits per heavy atom. The fourth-order valence-corrected chi connectivity index (χ4v) is 4.62. The largest absolute Gasteiger partial charge is 0.492 e. The van der Waals surface area contributed by atoms with Gasteiger partial charge in [0, 0.05) is 37.7 Å². The number of likely N-dealkylation sites (tertiary alicyclic amines) is 1. The Morgan fingerprint density at radius 1 is 1.12 bits per heavy atom. The highest BCUT2D eigenvalue weighted by atomic mass is 19.4. The molecule has 2 aliphatic heterocycles. The number of amides is 1. The molecule has 178 valence electrons. The molecule has 1 atom stereocenters. The molecule has 0 spiro atoms. The van der Waals surface area contributed by atoms with Gasteiger partial charge in [-0.1, -0.05) is 18.2 Å². The lowest BCUT2D eigenvalue weighted by atomic mass is 9.87. The first-order chi connectivity index (χ1) is 15.7. The summed E-state index contributed by atoms with van der Waals surface area (Å²) in [6.07, 6.45) is -3.92. The minimum absolute atomic E-state index is 0.126. The van der Waals surface area contributed by atoms with Crippen molar-refractivity contribution in [1.82, 2.24) is 9.80 Å². The number of rotatable bonds is 8. The van der Waals surface area contributed by atoms with E-state index in [0.29, 0.717) is 36.4 Å². The van der Waals surface area contributed by atoms with E-state index >= 15 is 0 Å². The first-order valence-electron chi connectivity index (χ1n) is 11.0. The molecule has 2 aromatic carbocycles. The molecule has 2 heterocycles. The number of hydrogen-bond donors (Lipinski definition) is 1. The number of nitrogens with zero attached hydrogens (tertiary/aromatic N) is 2. The molecule has 5 nitrogen and oxygen atoms in total. The number of fused-ring (bicyclic) bond motifs is 1. The zero-order valence-electron chi connectivity index (χ0n) is 18.2. The van der Waals surface area contributed by atoms with Crippen molar-refractivity contribution in [3.8, 4) is 5.75 Å². The Bertz CT molecular complexity index is 975. The lowest BCUT2D eigenvalue weighted by molar-refractivity contribution is -0.150. The maximum Gasteiger partial charge on any atom is 0.401 e. The molecule has 0 aromatic heterocycles. The summed E-state index contributed by atoms with van der Waals surface area (Å²) in [5.41, 5.74) is 8.01. The van der Waals surface area contributed by atoms with Crippen molar-refractivity contribution in [2.24, 2.45) is 11.7 Å². The zero-order valence-corrected chi connectivity index (χ0v) is 18.2. The van der Waals surface area contributed by atoms with Crippen LogP contribution in [0.15, 0.2) is 42.5 Å². The standard InChI is InChI=1S/C24H27F4N3O2/c25-12-16-13-30(14-16)9-10-33-20-4-1-17(2-5-20)22-21-6-3-19(23(29)32)11-18(21)7-8-31(22)15-24(26,27)28/h1-6,11,16,22H,7-10,12-15H2,(H2,29,32)/t22-/m0/s1. The molecule has 1 fully saturated rings. The van der Waals surface area contributed by atoms with E-state index in [1.807, 2.05) is 0 Å². The molecule has 0 aliphatic carbocycles. The summed E-state index contributed by atoms with van der Waals surface area (Å²) < 4.78 is 58.1. The quantitative estimate of drug-likeness (QED) is 0.606. The smallest absolute Gasteiger partial charge is 0.401 e. The van der Waals surface area contributed by atoms with Gasteiger partial charge in [-0.05, 0) is 47.4 Å². The zero-order chi connectivity index (χ0) is 23.6. The van der Waals surface area contributed by atoms with Gasteiger partial charge in [0.25, 0.3) is 0 Å².